The molecule has 0 saturated carbocycles. The second-order valence-electron chi connectivity index (χ2n) is 4.37. The number of H-pyrrole nitrogens is 1. The summed E-state index contributed by atoms with van der Waals surface area (Å²) in [7, 11) is 0. The number of fused-ring (bicyclic) bond motifs is 1. The summed E-state index contributed by atoms with van der Waals surface area (Å²) in [4.78, 5) is 15.7. The maximum absolute atomic E-state index is 11.4. The van der Waals surface area contributed by atoms with Crippen LogP contribution in [0.3, 0.4) is 0 Å². The molecular weight excluding hydrogens is 240 g/mol. The number of hydrogen-bond donors (Lipinski definition) is 2. The van der Waals surface area contributed by atoms with E-state index in [1.54, 1.807) is 18.5 Å². The number of rotatable bonds is 2. The summed E-state index contributed by atoms with van der Waals surface area (Å²) in [6.07, 6.45) is 3.36. The van der Waals surface area contributed by atoms with Gasteiger partial charge in [-0.3, -0.25) is 14.9 Å². The fourth-order valence-corrected chi connectivity index (χ4v) is 2.18. The minimum Gasteiger partial charge on any atom is -0.366 e. The van der Waals surface area contributed by atoms with Crippen molar-refractivity contribution in [1.29, 1.82) is 0 Å². The third-order valence-electron chi connectivity index (χ3n) is 3.18. The Balaban J connectivity index is 2.20. The molecule has 3 rings (SSSR count). The van der Waals surface area contributed by atoms with Crippen LogP contribution < -0.4 is 5.73 Å². The zero-order valence-electron chi connectivity index (χ0n) is 10.3. The molecule has 0 radical (unpaired) electrons. The molecule has 0 unspecified atom stereocenters. The van der Waals surface area contributed by atoms with Gasteiger partial charge in [-0.1, -0.05) is 6.07 Å². The number of aromatic nitrogens is 3. The van der Waals surface area contributed by atoms with E-state index in [2.05, 4.69) is 15.2 Å². The molecule has 0 aliphatic carbocycles. The molecule has 5 heteroatoms. The van der Waals surface area contributed by atoms with Gasteiger partial charge in [-0.2, -0.15) is 5.10 Å². The van der Waals surface area contributed by atoms with Crippen LogP contribution in [-0.4, -0.2) is 21.1 Å². The van der Waals surface area contributed by atoms with Gasteiger partial charge in [0.2, 0.25) is 5.91 Å². The van der Waals surface area contributed by atoms with E-state index in [0.717, 1.165) is 27.7 Å². The molecule has 1 aromatic carbocycles. The highest BCUT2D eigenvalue weighted by atomic mass is 16.1. The summed E-state index contributed by atoms with van der Waals surface area (Å²) < 4.78 is 0. The molecule has 2 aromatic heterocycles. The van der Waals surface area contributed by atoms with E-state index in [1.165, 1.54) is 0 Å². The lowest BCUT2D eigenvalue weighted by molar-refractivity contribution is 0.0999. The highest BCUT2D eigenvalue weighted by Gasteiger charge is 2.11. The Morgan fingerprint density at radius 1 is 1.32 bits per heavy atom. The van der Waals surface area contributed by atoms with Gasteiger partial charge < -0.3 is 5.73 Å². The van der Waals surface area contributed by atoms with Crippen molar-refractivity contribution in [2.24, 2.45) is 5.73 Å². The molecule has 0 aliphatic rings. The van der Waals surface area contributed by atoms with E-state index in [0.29, 0.717) is 5.56 Å². The van der Waals surface area contributed by atoms with Gasteiger partial charge in [-0.05, 0) is 30.7 Å². The number of carbonyl (C=O) groups excluding carboxylic acids is 1. The van der Waals surface area contributed by atoms with E-state index < -0.39 is 5.91 Å². The van der Waals surface area contributed by atoms with Crippen molar-refractivity contribution < 1.29 is 4.79 Å². The topological polar surface area (TPSA) is 84.7 Å². The van der Waals surface area contributed by atoms with E-state index >= 15 is 0 Å². The fourth-order valence-electron chi connectivity index (χ4n) is 2.18. The maximum atomic E-state index is 11.4. The zero-order chi connectivity index (χ0) is 13.4. The number of nitrogens with one attached hydrogen (secondary N) is 1. The molecule has 5 nitrogen and oxygen atoms in total. The van der Waals surface area contributed by atoms with E-state index in [9.17, 15) is 4.79 Å². The molecule has 0 bridgehead atoms. The van der Waals surface area contributed by atoms with Crippen LogP contribution in [0.15, 0.2) is 36.7 Å². The number of nitrogens with zero attached hydrogens (tertiary/aromatic N) is 2. The van der Waals surface area contributed by atoms with E-state index in [4.69, 9.17) is 5.73 Å². The van der Waals surface area contributed by atoms with Gasteiger partial charge in [0.1, 0.15) is 0 Å². The molecule has 2 heterocycles. The second-order valence-corrected chi connectivity index (χ2v) is 4.37. The summed E-state index contributed by atoms with van der Waals surface area (Å²) in [5.41, 5.74) is 9.31. The number of benzene rings is 1. The van der Waals surface area contributed by atoms with Crippen LogP contribution in [0.2, 0.25) is 0 Å². The number of hydrogen-bond acceptors (Lipinski definition) is 3. The molecule has 19 heavy (non-hydrogen) atoms. The molecule has 0 fully saturated rings. The average molecular weight is 252 g/mol. The van der Waals surface area contributed by atoms with Crippen molar-refractivity contribution >= 4 is 16.8 Å². The Kier molecular flexibility index (Phi) is 2.52. The Labute approximate surface area is 109 Å². The number of amides is 1. The van der Waals surface area contributed by atoms with Crippen LogP contribution in [0.25, 0.3) is 22.2 Å². The molecule has 1 amide bonds. The van der Waals surface area contributed by atoms with Crippen LogP contribution in [0.5, 0.6) is 0 Å². The monoisotopic (exact) mass is 252 g/mol. The van der Waals surface area contributed by atoms with Gasteiger partial charge in [-0.25, -0.2) is 0 Å². The molecule has 0 saturated heterocycles. The first-order chi connectivity index (χ1) is 9.16. The van der Waals surface area contributed by atoms with Crippen LogP contribution in [0, 0.1) is 6.92 Å². The van der Waals surface area contributed by atoms with E-state index in [-0.39, 0.29) is 0 Å². The molecule has 94 valence electrons. The standard InChI is InChI=1S/C14H12N4O/c1-8-11(14(15)19)4-5-16-13(8)9-2-3-12-10(6-9)7-17-18-12/h2-7H,1H3,(H2,15,19)(H,17,18). The fraction of sp³-hybridized carbons (Fsp3) is 0.0714. The van der Waals surface area contributed by atoms with Crippen LogP contribution in [-0.2, 0) is 0 Å². The zero-order valence-corrected chi connectivity index (χ0v) is 10.3. The first-order valence-electron chi connectivity index (χ1n) is 5.86. The molecule has 3 aromatic rings. The molecule has 3 N–H and O–H groups in total. The molecule has 0 aliphatic heterocycles. The quantitative estimate of drug-likeness (QED) is 0.731. The lowest BCUT2D eigenvalue weighted by Gasteiger charge is -2.08. The smallest absolute Gasteiger partial charge is 0.249 e. The van der Waals surface area contributed by atoms with Gasteiger partial charge in [-0.15, -0.1) is 0 Å². The van der Waals surface area contributed by atoms with Gasteiger partial charge in [0.05, 0.1) is 17.4 Å². The Hall–Kier alpha value is -2.69. The van der Waals surface area contributed by atoms with Crippen LogP contribution >= 0.6 is 0 Å². The molecular formula is C14H12N4O. The van der Waals surface area contributed by atoms with Crippen molar-refractivity contribution in [3.05, 3.63) is 47.8 Å². The third-order valence-corrected chi connectivity index (χ3v) is 3.18. The number of primary amides is 1. The van der Waals surface area contributed by atoms with Crippen molar-refractivity contribution in [2.45, 2.75) is 6.92 Å². The Bertz CT molecular complexity index is 776. The number of aromatic amines is 1. The SMILES string of the molecule is Cc1c(C(N)=O)ccnc1-c1ccc2[nH]ncc2c1. The molecule has 0 spiro atoms. The summed E-state index contributed by atoms with van der Waals surface area (Å²) in [6.45, 7) is 1.85. The molecule has 0 atom stereocenters. The number of pyridine rings is 1. The number of carbonyl (C=O) groups is 1. The first kappa shape index (κ1) is 11.4. The summed E-state index contributed by atoms with van der Waals surface area (Å²) in [5, 5.41) is 7.89. The van der Waals surface area contributed by atoms with E-state index in [1.807, 2.05) is 25.1 Å². The summed E-state index contributed by atoms with van der Waals surface area (Å²) in [5.74, 6) is -0.439. The normalized spacial score (nSPS) is 10.8. The van der Waals surface area contributed by atoms with Crippen LogP contribution in [0.4, 0.5) is 0 Å². The highest BCUT2D eigenvalue weighted by Crippen LogP contribution is 2.25. The lowest BCUT2D eigenvalue weighted by Crippen LogP contribution is -2.13. The van der Waals surface area contributed by atoms with Gasteiger partial charge in [0.15, 0.2) is 0 Å². The van der Waals surface area contributed by atoms with Crippen molar-refractivity contribution in [3.8, 4) is 11.3 Å². The Morgan fingerprint density at radius 2 is 2.16 bits per heavy atom. The van der Waals surface area contributed by atoms with Gasteiger partial charge >= 0.3 is 0 Å². The predicted octanol–water partition coefficient (Wildman–Crippen LogP) is 2.03. The minimum absolute atomic E-state index is 0.439. The third kappa shape index (κ3) is 1.85. The van der Waals surface area contributed by atoms with Crippen LogP contribution in [0.1, 0.15) is 15.9 Å². The number of nitrogens with two attached hydrogens (primary N) is 1. The second kappa shape index (κ2) is 4.20. The Morgan fingerprint density at radius 3 is 2.95 bits per heavy atom. The predicted molar refractivity (Wildman–Crippen MR) is 72.6 cm³/mol. The highest BCUT2D eigenvalue weighted by molar-refractivity contribution is 5.96. The average Bonchev–Trinajstić information content (AvgIpc) is 2.85. The largest absolute Gasteiger partial charge is 0.366 e. The summed E-state index contributed by atoms with van der Waals surface area (Å²) >= 11 is 0. The van der Waals surface area contributed by atoms with Crippen molar-refractivity contribution in [3.63, 3.8) is 0 Å². The first-order valence-corrected chi connectivity index (χ1v) is 5.86. The minimum atomic E-state index is -0.439. The van der Waals surface area contributed by atoms with Crippen molar-refractivity contribution in [1.82, 2.24) is 15.2 Å². The summed E-state index contributed by atoms with van der Waals surface area (Å²) in [6, 6.07) is 7.51. The van der Waals surface area contributed by atoms with Crippen molar-refractivity contribution in [2.75, 3.05) is 0 Å². The lowest BCUT2D eigenvalue weighted by atomic mass is 10.0. The maximum Gasteiger partial charge on any atom is 0.249 e. The van der Waals surface area contributed by atoms with Gasteiger partial charge in [0, 0.05) is 22.7 Å². The van der Waals surface area contributed by atoms with Gasteiger partial charge in [0.25, 0.3) is 0 Å².